The molecule has 708 valence electrons. The van der Waals surface area contributed by atoms with Gasteiger partial charge in [0, 0.05) is 120 Å². The first-order valence-electron chi connectivity index (χ1n) is 49.6. The van der Waals surface area contributed by atoms with Crippen molar-refractivity contribution in [3.8, 4) is 95.9 Å². The topological polar surface area (TPSA) is 221 Å². The number of methoxy groups -OCH3 is 1. The van der Waals surface area contributed by atoms with Gasteiger partial charge in [-0.2, -0.15) is 0 Å². The molecule has 0 bridgehead atoms. The molecule has 8 aromatic heterocycles. The van der Waals surface area contributed by atoms with Crippen LogP contribution in [0.4, 0.5) is 0 Å². The Kier molecular flexibility index (Phi) is 34.4. The molecule has 0 radical (unpaired) electrons. The summed E-state index contributed by atoms with van der Waals surface area (Å²) in [5.74, 6) is 1.87. The molecule has 1 aliphatic carbocycles. The van der Waals surface area contributed by atoms with Crippen molar-refractivity contribution >= 4 is 68.0 Å². The number of fused-ring (bicyclic) bond motifs is 4. The molecule has 0 saturated heterocycles. The largest absolute Gasteiger partial charge is 0.482 e. The number of aryl methyl sites for hydroxylation is 13. The molecular formula is C119H136N12O6. The molecule has 1 saturated carbocycles. The number of hydrogen-bond acceptors (Lipinski definition) is 13. The number of Topliss-reactive ketones (excluding diaryl/α,β-unsaturated/α-hetero) is 3. The van der Waals surface area contributed by atoms with Crippen molar-refractivity contribution in [2.24, 2.45) is 0 Å². The van der Waals surface area contributed by atoms with Crippen LogP contribution in [0.2, 0.25) is 0 Å². The minimum absolute atomic E-state index is 0.225. The zero-order chi connectivity index (χ0) is 96.8. The summed E-state index contributed by atoms with van der Waals surface area (Å²) < 4.78 is 14.8. The van der Waals surface area contributed by atoms with Crippen LogP contribution in [0.1, 0.15) is 249 Å². The molecule has 17 rings (SSSR count). The lowest BCUT2D eigenvalue weighted by molar-refractivity contribution is -0.137. The highest BCUT2D eigenvalue weighted by atomic mass is 16.5. The Balaban J connectivity index is 0.000000146. The zero-order valence-electron chi connectivity index (χ0n) is 83.2. The van der Waals surface area contributed by atoms with E-state index in [1.54, 1.807) is 27.9 Å². The summed E-state index contributed by atoms with van der Waals surface area (Å²) in [5, 5.41) is 8.82. The number of aromatic nitrogens is 12. The van der Waals surface area contributed by atoms with Crippen LogP contribution in [0.3, 0.4) is 0 Å². The minimum Gasteiger partial charge on any atom is -0.482 e. The maximum absolute atomic E-state index is 11.2. The maximum Gasteiger partial charge on any atom is 0.303 e. The quantitative estimate of drug-likeness (QED) is 0.0354. The first kappa shape index (κ1) is 99.5. The standard InChI is InChI=1S/C31H35N3O.C31H37N3O.C29H33N3O.C28H31N3O3/c1-21-9-13-25(14-10-21)29-30(26-15-11-22(2)12-16-26)33-31-27(32-29)20-28(24-17-18-24)34(31)19-7-5-4-6-8-23(3)35;1-21(2)28-20-27-31(34(28)19-9-7-6-8-10-24(5)35)33-30(26-17-13-23(4)14-18-26)29(32-27)25-15-11-22(3)12-16-25;1-20-10-14-24(15-11-20)27-28(25-16-12-21(2)13-17-25)31-29-26(30-27)19-22(3)32(29)18-8-6-5-7-9-23(4)33;1-19-9-13-21(14-10-19)26-27(22-15-11-20(2)12-16-22)30-28-23(29-26)18-24(34-3)31(28)17-7-5-4-6-8-25(32)33/h9-16,20,24H,4-8,17-19H2,1-3H3;11-18,20-21H,6-10,19H2,1-5H3;10-17,19H,5-9,18H2,1-4H3;9-16,18H,4-8,17H2,1-3H3,(H,32,33). The summed E-state index contributed by atoms with van der Waals surface area (Å²) >= 11 is 0. The average Bonchev–Trinajstić information content (AvgIpc) is 1.65. The predicted octanol–water partition coefficient (Wildman–Crippen LogP) is 29.5. The molecule has 0 unspecified atom stereocenters. The SMILES string of the molecule is CC(=O)CCCCCCn1c(C(C)C)cc2nc(-c3ccc(C)cc3)c(-c3ccc(C)cc3)nc21.CC(=O)CCCCCCn1c(C)cc2nc(-c3ccc(C)cc3)c(-c3ccc(C)cc3)nc21.CC(=O)CCCCCCn1c(C2CC2)cc2nc(-c3ccc(C)cc3)c(-c3ccc(C)cc3)nc21.COc1cc2nc(-c3ccc(C)cc3)c(-c3ccc(C)cc3)nc2n1CCCCCCC(=O)O. The van der Waals surface area contributed by atoms with Crippen LogP contribution in [0.25, 0.3) is 135 Å². The van der Waals surface area contributed by atoms with Crippen molar-refractivity contribution in [1.82, 2.24) is 58.1 Å². The Bertz CT molecular complexity index is 6600. The molecule has 137 heavy (non-hydrogen) atoms. The fourth-order valence-electron chi connectivity index (χ4n) is 17.9. The second kappa shape index (κ2) is 47.3. The number of hydrogen-bond donors (Lipinski definition) is 1. The summed E-state index contributed by atoms with van der Waals surface area (Å²) in [6.45, 7) is 32.0. The normalized spacial score (nSPS) is 11.9. The number of benzene rings is 8. The Morgan fingerprint density at radius 1 is 0.299 bits per heavy atom. The minimum atomic E-state index is -0.735. The predicted molar refractivity (Wildman–Crippen MR) is 561 cm³/mol. The van der Waals surface area contributed by atoms with E-state index in [0.717, 1.165) is 263 Å². The number of carboxylic acids is 1. The molecule has 0 amide bonds. The van der Waals surface area contributed by atoms with Crippen LogP contribution < -0.4 is 4.74 Å². The van der Waals surface area contributed by atoms with Gasteiger partial charge in [-0.05, 0) is 177 Å². The van der Waals surface area contributed by atoms with Crippen LogP contribution in [0.15, 0.2) is 218 Å². The summed E-state index contributed by atoms with van der Waals surface area (Å²) in [6, 6.07) is 76.8. The van der Waals surface area contributed by atoms with E-state index in [0.29, 0.717) is 43.3 Å². The fraction of sp³-hybridized carbons (Fsp3) is 0.361. The highest BCUT2D eigenvalue weighted by Crippen LogP contribution is 2.45. The zero-order valence-corrected chi connectivity index (χ0v) is 83.2. The Morgan fingerprint density at radius 3 is 0.832 bits per heavy atom. The van der Waals surface area contributed by atoms with Gasteiger partial charge in [-0.1, -0.05) is 304 Å². The number of ketones is 3. The molecule has 8 heterocycles. The van der Waals surface area contributed by atoms with E-state index in [9.17, 15) is 19.2 Å². The molecule has 0 aliphatic heterocycles. The van der Waals surface area contributed by atoms with Gasteiger partial charge >= 0.3 is 5.97 Å². The van der Waals surface area contributed by atoms with E-state index in [4.69, 9.17) is 49.7 Å². The van der Waals surface area contributed by atoms with Crippen LogP contribution >= 0.6 is 0 Å². The Labute approximate surface area is 809 Å². The number of nitrogens with zero attached hydrogens (tertiary/aromatic N) is 12. The van der Waals surface area contributed by atoms with Crippen molar-refractivity contribution < 1.29 is 29.0 Å². The molecule has 18 heteroatoms. The molecule has 1 N–H and O–H groups in total. The number of carboxylic acid groups (broad SMARTS) is 1. The van der Waals surface area contributed by atoms with Gasteiger partial charge in [0.15, 0.2) is 28.5 Å². The third kappa shape index (κ3) is 26.4. The lowest BCUT2D eigenvalue weighted by atomic mass is 10.0. The van der Waals surface area contributed by atoms with E-state index in [2.05, 4.69) is 307 Å². The number of unbranched alkanes of at least 4 members (excludes halogenated alkanes) is 12. The highest BCUT2D eigenvalue weighted by Gasteiger charge is 2.31. The monoisotopic (exact) mass is 1830 g/mol. The third-order valence-corrected chi connectivity index (χ3v) is 26.0. The van der Waals surface area contributed by atoms with Crippen molar-refractivity contribution in [2.75, 3.05) is 7.11 Å². The summed E-state index contributed by atoms with van der Waals surface area (Å²) in [7, 11) is 1.67. The number of aliphatic carboxylic acids is 1. The van der Waals surface area contributed by atoms with Crippen molar-refractivity contribution in [1.29, 1.82) is 0 Å². The fourth-order valence-corrected chi connectivity index (χ4v) is 17.9. The van der Waals surface area contributed by atoms with Gasteiger partial charge in [0.2, 0.25) is 0 Å². The lowest BCUT2D eigenvalue weighted by Gasteiger charge is -2.14. The Morgan fingerprint density at radius 2 is 0.540 bits per heavy atom. The number of carbonyl (C=O) groups excluding carboxylic acids is 3. The highest BCUT2D eigenvalue weighted by molar-refractivity contribution is 5.91. The number of ether oxygens (including phenoxy) is 1. The third-order valence-electron chi connectivity index (χ3n) is 26.0. The maximum atomic E-state index is 11.2. The average molecular weight is 1830 g/mol. The van der Waals surface area contributed by atoms with E-state index >= 15 is 0 Å². The molecule has 16 aromatic rings. The van der Waals surface area contributed by atoms with Gasteiger partial charge in [-0.3, -0.25) is 9.36 Å². The van der Waals surface area contributed by atoms with Gasteiger partial charge in [0.1, 0.15) is 39.4 Å². The second-order valence-corrected chi connectivity index (χ2v) is 38.2. The molecule has 18 nitrogen and oxygen atoms in total. The van der Waals surface area contributed by atoms with Crippen LogP contribution in [0.5, 0.6) is 5.88 Å². The van der Waals surface area contributed by atoms with Crippen LogP contribution in [-0.2, 0) is 45.4 Å². The molecule has 0 spiro atoms. The summed E-state index contributed by atoms with van der Waals surface area (Å²) in [6.07, 6.45) is 21.2. The molecule has 0 atom stereocenters. The van der Waals surface area contributed by atoms with Gasteiger partial charge in [0.05, 0.1) is 52.7 Å². The van der Waals surface area contributed by atoms with Crippen LogP contribution in [0, 0.1) is 62.3 Å². The van der Waals surface area contributed by atoms with Gasteiger partial charge in [-0.15, -0.1) is 0 Å². The first-order valence-corrected chi connectivity index (χ1v) is 49.6. The summed E-state index contributed by atoms with van der Waals surface area (Å²) in [4.78, 5) is 85.8. The van der Waals surface area contributed by atoms with Crippen molar-refractivity contribution in [3.63, 3.8) is 0 Å². The van der Waals surface area contributed by atoms with Crippen molar-refractivity contribution in [2.45, 2.75) is 276 Å². The number of carbonyl (C=O) groups is 4. The van der Waals surface area contributed by atoms with E-state index in [1.807, 2.05) is 6.07 Å². The van der Waals surface area contributed by atoms with Gasteiger partial charge in [-0.25, -0.2) is 39.9 Å². The van der Waals surface area contributed by atoms with Crippen LogP contribution in [-0.4, -0.2) is 93.7 Å². The smallest absolute Gasteiger partial charge is 0.303 e. The summed E-state index contributed by atoms with van der Waals surface area (Å²) in [5.41, 5.74) is 37.0. The van der Waals surface area contributed by atoms with E-state index in [-0.39, 0.29) is 18.0 Å². The first-order chi connectivity index (χ1) is 66.2. The van der Waals surface area contributed by atoms with Crippen molar-refractivity contribution in [3.05, 3.63) is 280 Å². The van der Waals surface area contributed by atoms with E-state index < -0.39 is 5.97 Å². The molecule has 1 fully saturated rings. The second-order valence-electron chi connectivity index (χ2n) is 38.2. The molecular weight excluding hydrogens is 1690 g/mol. The lowest BCUT2D eigenvalue weighted by Crippen LogP contribution is -2.06. The van der Waals surface area contributed by atoms with E-state index in [1.165, 1.54) is 74.4 Å². The van der Waals surface area contributed by atoms with Gasteiger partial charge < -0.3 is 37.9 Å². The molecule has 1 aliphatic rings. The Hall–Kier alpha value is -13.5. The van der Waals surface area contributed by atoms with Gasteiger partial charge in [0.25, 0.3) is 0 Å². The number of rotatable bonds is 39. The molecule has 8 aromatic carbocycles.